The normalized spacial score (nSPS) is 19.8. The van der Waals surface area contributed by atoms with E-state index in [0.717, 1.165) is 32.5 Å². The first-order chi connectivity index (χ1) is 9.77. The zero-order valence-corrected chi connectivity index (χ0v) is 13.9. The molecule has 6 heteroatoms. The number of carbonyl (C=O) groups excluding carboxylic acids is 2. The highest BCUT2D eigenvalue weighted by atomic mass is 16.2. The van der Waals surface area contributed by atoms with Gasteiger partial charge in [-0.3, -0.25) is 14.5 Å². The van der Waals surface area contributed by atoms with E-state index in [-0.39, 0.29) is 11.8 Å². The number of amides is 2. The van der Waals surface area contributed by atoms with Crippen molar-refractivity contribution in [3.63, 3.8) is 0 Å². The predicted octanol–water partition coefficient (Wildman–Crippen LogP) is 0.126. The molecule has 1 atom stereocenters. The molecule has 0 radical (unpaired) electrons. The van der Waals surface area contributed by atoms with Gasteiger partial charge in [-0.25, -0.2) is 0 Å². The summed E-state index contributed by atoms with van der Waals surface area (Å²) in [6.45, 7) is 7.22. The van der Waals surface area contributed by atoms with E-state index in [2.05, 4.69) is 4.90 Å². The molecule has 1 fully saturated rings. The maximum Gasteiger partial charge on any atom is 0.242 e. The largest absolute Gasteiger partial charge is 0.348 e. The van der Waals surface area contributed by atoms with E-state index in [1.807, 2.05) is 18.7 Å². The number of nitrogens with two attached hydrogens (primary N) is 1. The van der Waals surface area contributed by atoms with Crippen molar-refractivity contribution >= 4 is 11.8 Å². The molecule has 1 heterocycles. The summed E-state index contributed by atoms with van der Waals surface area (Å²) in [5.41, 5.74) is 5.37. The fourth-order valence-corrected chi connectivity index (χ4v) is 2.65. The molecule has 122 valence electrons. The van der Waals surface area contributed by atoms with Crippen molar-refractivity contribution in [2.45, 2.75) is 38.6 Å². The molecule has 1 saturated heterocycles. The van der Waals surface area contributed by atoms with Crippen molar-refractivity contribution in [2.75, 3.05) is 46.8 Å². The van der Waals surface area contributed by atoms with Gasteiger partial charge in [0.2, 0.25) is 11.8 Å². The van der Waals surface area contributed by atoms with E-state index < -0.39 is 5.54 Å². The molecule has 21 heavy (non-hydrogen) atoms. The second-order valence-corrected chi connectivity index (χ2v) is 6.38. The van der Waals surface area contributed by atoms with Gasteiger partial charge in [0.1, 0.15) is 0 Å². The topological polar surface area (TPSA) is 69.9 Å². The van der Waals surface area contributed by atoms with Gasteiger partial charge in [-0.1, -0.05) is 13.3 Å². The molecule has 6 nitrogen and oxygen atoms in total. The molecule has 1 rings (SSSR count). The summed E-state index contributed by atoms with van der Waals surface area (Å²) in [5, 5.41) is 0. The number of likely N-dealkylation sites (N-methyl/N-ethyl adjacent to an activating group) is 1. The Morgan fingerprint density at radius 1 is 1.19 bits per heavy atom. The lowest BCUT2D eigenvalue weighted by molar-refractivity contribution is -0.136. The van der Waals surface area contributed by atoms with Crippen LogP contribution in [-0.2, 0) is 9.59 Å². The van der Waals surface area contributed by atoms with Gasteiger partial charge >= 0.3 is 0 Å². The lowest BCUT2D eigenvalue weighted by Gasteiger charge is -2.31. The van der Waals surface area contributed by atoms with Gasteiger partial charge in [-0.05, 0) is 19.8 Å². The molecule has 0 bridgehead atoms. The van der Waals surface area contributed by atoms with Crippen LogP contribution in [0.25, 0.3) is 0 Å². The van der Waals surface area contributed by atoms with E-state index >= 15 is 0 Å². The molecule has 2 amide bonds. The van der Waals surface area contributed by atoms with Crippen molar-refractivity contribution in [3.8, 4) is 0 Å². The van der Waals surface area contributed by atoms with Crippen LogP contribution in [0.2, 0.25) is 0 Å². The van der Waals surface area contributed by atoms with Crippen LogP contribution in [-0.4, -0.2) is 78.9 Å². The number of nitrogens with zero attached hydrogens (tertiary/aromatic N) is 3. The Hall–Kier alpha value is -1.14. The summed E-state index contributed by atoms with van der Waals surface area (Å²) >= 11 is 0. The average Bonchev–Trinajstić information content (AvgIpc) is 2.63. The van der Waals surface area contributed by atoms with Gasteiger partial charge in [0.15, 0.2) is 0 Å². The summed E-state index contributed by atoms with van der Waals surface area (Å²) in [6.07, 6.45) is 2.48. The zero-order chi connectivity index (χ0) is 16.0. The van der Waals surface area contributed by atoms with Crippen LogP contribution < -0.4 is 5.73 Å². The molecule has 0 saturated carbocycles. The predicted molar refractivity (Wildman–Crippen MR) is 83.8 cm³/mol. The first-order valence-corrected chi connectivity index (χ1v) is 7.78. The third-order valence-corrected chi connectivity index (χ3v) is 3.99. The smallest absolute Gasteiger partial charge is 0.242 e. The maximum atomic E-state index is 12.5. The summed E-state index contributed by atoms with van der Waals surface area (Å²) in [4.78, 5) is 29.8. The van der Waals surface area contributed by atoms with Crippen molar-refractivity contribution in [3.05, 3.63) is 0 Å². The maximum absolute atomic E-state index is 12.5. The van der Waals surface area contributed by atoms with E-state index in [9.17, 15) is 9.59 Å². The molecule has 1 unspecified atom stereocenters. The summed E-state index contributed by atoms with van der Waals surface area (Å²) in [7, 11) is 3.53. The molecule has 0 aromatic carbocycles. The van der Waals surface area contributed by atoms with E-state index in [1.165, 1.54) is 0 Å². The minimum Gasteiger partial charge on any atom is -0.348 e. The van der Waals surface area contributed by atoms with Gasteiger partial charge < -0.3 is 15.5 Å². The fraction of sp³-hybridized carbons (Fsp3) is 0.867. The lowest BCUT2D eigenvalue weighted by atomic mass is 9.95. The van der Waals surface area contributed by atoms with Crippen LogP contribution in [0.1, 0.15) is 33.1 Å². The van der Waals surface area contributed by atoms with Crippen molar-refractivity contribution in [2.24, 2.45) is 5.73 Å². The summed E-state index contributed by atoms with van der Waals surface area (Å²) < 4.78 is 0. The highest BCUT2D eigenvalue weighted by molar-refractivity contribution is 5.85. The van der Waals surface area contributed by atoms with Crippen molar-refractivity contribution in [1.29, 1.82) is 0 Å². The molecular formula is C15H30N4O2. The Balaban J connectivity index is 2.56. The standard InChI is InChI=1S/C15H30N4O2/c1-5-7-15(2,16)14(21)19-9-6-8-18(10-11-19)12-13(20)17(3)4/h5-12,16H2,1-4H3. The first kappa shape index (κ1) is 17.9. The second-order valence-electron chi connectivity index (χ2n) is 6.38. The highest BCUT2D eigenvalue weighted by Gasteiger charge is 2.32. The van der Waals surface area contributed by atoms with Crippen molar-refractivity contribution < 1.29 is 9.59 Å². The molecule has 0 aromatic rings. The quantitative estimate of drug-likeness (QED) is 0.783. The molecular weight excluding hydrogens is 268 g/mol. The average molecular weight is 298 g/mol. The number of carbonyl (C=O) groups is 2. The van der Waals surface area contributed by atoms with Gasteiger partial charge in [0.05, 0.1) is 12.1 Å². The number of hydrogen-bond donors (Lipinski definition) is 1. The monoisotopic (exact) mass is 298 g/mol. The van der Waals surface area contributed by atoms with Gasteiger partial charge in [-0.2, -0.15) is 0 Å². The van der Waals surface area contributed by atoms with Gasteiger partial charge in [-0.15, -0.1) is 0 Å². The fourth-order valence-electron chi connectivity index (χ4n) is 2.65. The summed E-state index contributed by atoms with van der Waals surface area (Å²) in [6, 6.07) is 0. The Kier molecular flexibility index (Phi) is 6.61. The Morgan fingerprint density at radius 3 is 2.43 bits per heavy atom. The van der Waals surface area contributed by atoms with Crippen LogP contribution in [0.15, 0.2) is 0 Å². The molecule has 0 aromatic heterocycles. The van der Waals surface area contributed by atoms with E-state index in [1.54, 1.807) is 19.0 Å². The minimum absolute atomic E-state index is 0.0325. The molecule has 0 aliphatic carbocycles. The Morgan fingerprint density at radius 2 is 1.86 bits per heavy atom. The van der Waals surface area contributed by atoms with E-state index in [0.29, 0.717) is 19.5 Å². The van der Waals surface area contributed by atoms with Gasteiger partial charge in [0.25, 0.3) is 0 Å². The Bertz CT molecular complexity index is 369. The van der Waals surface area contributed by atoms with Crippen LogP contribution in [0.3, 0.4) is 0 Å². The van der Waals surface area contributed by atoms with Crippen LogP contribution in [0, 0.1) is 0 Å². The minimum atomic E-state index is -0.774. The second kappa shape index (κ2) is 7.75. The van der Waals surface area contributed by atoms with E-state index in [4.69, 9.17) is 5.73 Å². The summed E-state index contributed by atoms with van der Waals surface area (Å²) in [5.74, 6) is 0.134. The Labute approximate surface area is 128 Å². The molecule has 1 aliphatic heterocycles. The number of rotatable bonds is 5. The van der Waals surface area contributed by atoms with Crippen LogP contribution >= 0.6 is 0 Å². The molecule has 2 N–H and O–H groups in total. The molecule has 1 aliphatic rings. The zero-order valence-electron chi connectivity index (χ0n) is 13.9. The molecule has 0 spiro atoms. The highest BCUT2D eigenvalue weighted by Crippen LogP contribution is 2.14. The lowest BCUT2D eigenvalue weighted by Crippen LogP contribution is -2.54. The third kappa shape index (κ3) is 5.28. The SMILES string of the molecule is CCCC(C)(N)C(=O)N1CCCN(CC(=O)N(C)C)CC1. The van der Waals surface area contributed by atoms with Gasteiger partial charge in [0, 0.05) is 40.3 Å². The van der Waals surface area contributed by atoms with Crippen LogP contribution in [0.5, 0.6) is 0 Å². The van der Waals surface area contributed by atoms with Crippen molar-refractivity contribution in [1.82, 2.24) is 14.7 Å². The first-order valence-electron chi connectivity index (χ1n) is 7.78. The van der Waals surface area contributed by atoms with Crippen LogP contribution in [0.4, 0.5) is 0 Å². The number of hydrogen-bond acceptors (Lipinski definition) is 4. The third-order valence-electron chi connectivity index (χ3n) is 3.99.